The van der Waals surface area contributed by atoms with Gasteiger partial charge in [0, 0.05) is 18.7 Å². The van der Waals surface area contributed by atoms with Gasteiger partial charge in [0.05, 0.1) is 5.92 Å². The van der Waals surface area contributed by atoms with Gasteiger partial charge < -0.3 is 4.90 Å². The van der Waals surface area contributed by atoms with Gasteiger partial charge in [-0.05, 0) is 37.0 Å². The highest BCUT2D eigenvalue weighted by Gasteiger charge is 2.41. The maximum atomic E-state index is 12.6. The van der Waals surface area contributed by atoms with Gasteiger partial charge in [0.1, 0.15) is 0 Å². The van der Waals surface area contributed by atoms with Crippen molar-refractivity contribution in [3.05, 3.63) is 41.5 Å². The van der Waals surface area contributed by atoms with Crippen LogP contribution in [0.1, 0.15) is 34.3 Å². The molecule has 1 aliphatic rings. The number of amides is 1. The Balaban J connectivity index is 2.13. The number of hydrogen-bond donors (Lipinski definition) is 0. The van der Waals surface area contributed by atoms with E-state index < -0.39 is 12.1 Å². The van der Waals surface area contributed by atoms with E-state index in [-0.39, 0.29) is 31.8 Å². The number of alkyl halides is 3. The first-order chi connectivity index (χ1) is 9.84. The predicted octanol–water partition coefficient (Wildman–Crippen LogP) is 4.05. The summed E-state index contributed by atoms with van der Waals surface area (Å²) in [4.78, 5) is 14.0. The second-order valence-corrected chi connectivity index (χ2v) is 5.35. The minimum atomic E-state index is -4.16. The molecule has 5 heteroatoms. The first-order valence-electron chi connectivity index (χ1n) is 6.92. The lowest BCUT2D eigenvalue weighted by molar-refractivity contribution is -0.183. The molecule has 0 bridgehead atoms. The van der Waals surface area contributed by atoms with Gasteiger partial charge in [-0.25, -0.2) is 0 Å². The van der Waals surface area contributed by atoms with Crippen molar-refractivity contribution in [2.24, 2.45) is 5.92 Å². The summed E-state index contributed by atoms with van der Waals surface area (Å²) in [7, 11) is 0. The zero-order valence-electron chi connectivity index (χ0n) is 11.9. The molecule has 0 aromatic heterocycles. The molecule has 1 heterocycles. The van der Waals surface area contributed by atoms with Crippen LogP contribution in [0.25, 0.3) is 6.08 Å². The first kappa shape index (κ1) is 15.6. The molecule has 1 fully saturated rings. The van der Waals surface area contributed by atoms with Gasteiger partial charge >= 0.3 is 6.18 Å². The zero-order valence-corrected chi connectivity index (χ0v) is 11.9. The van der Waals surface area contributed by atoms with Gasteiger partial charge in [-0.1, -0.05) is 24.8 Å². The molecule has 1 aromatic carbocycles. The fourth-order valence-electron chi connectivity index (χ4n) is 2.72. The van der Waals surface area contributed by atoms with Gasteiger partial charge in [0.15, 0.2) is 0 Å². The lowest BCUT2D eigenvalue weighted by atomic mass is 9.94. The van der Waals surface area contributed by atoms with Crippen LogP contribution in [-0.4, -0.2) is 30.1 Å². The number of likely N-dealkylation sites (tertiary alicyclic amines) is 1. The molecule has 0 unspecified atom stereocenters. The highest BCUT2D eigenvalue weighted by molar-refractivity contribution is 5.98. The Morgan fingerprint density at radius 1 is 1.33 bits per heavy atom. The molecule has 21 heavy (non-hydrogen) atoms. The highest BCUT2D eigenvalue weighted by Crippen LogP contribution is 2.34. The van der Waals surface area contributed by atoms with Crippen LogP contribution in [-0.2, 0) is 0 Å². The maximum absolute atomic E-state index is 12.6. The van der Waals surface area contributed by atoms with Crippen LogP contribution in [0.5, 0.6) is 0 Å². The second-order valence-electron chi connectivity index (χ2n) is 5.35. The number of hydrogen-bond acceptors (Lipinski definition) is 1. The maximum Gasteiger partial charge on any atom is 0.391 e. The average Bonchev–Trinajstić information content (AvgIpc) is 2.45. The fourth-order valence-corrected chi connectivity index (χ4v) is 2.72. The molecule has 0 aliphatic carbocycles. The number of rotatable bonds is 2. The summed E-state index contributed by atoms with van der Waals surface area (Å²) in [6, 6.07) is 5.35. The molecule has 1 aromatic rings. The molecule has 0 saturated carbocycles. The second kappa shape index (κ2) is 5.92. The molecule has 2 nitrogen and oxygen atoms in total. The number of benzene rings is 1. The van der Waals surface area contributed by atoms with Crippen LogP contribution in [0.4, 0.5) is 13.2 Å². The van der Waals surface area contributed by atoms with Crippen molar-refractivity contribution >= 4 is 12.0 Å². The number of halogens is 3. The molecule has 114 valence electrons. The molecule has 0 atom stereocenters. The van der Waals surface area contributed by atoms with Crippen LogP contribution < -0.4 is 0 Å². The van der Waals surface area contributed by atoms with Crippen molar-refractivity contribution in [2.75, 3.05) is 13.1 Å². The van der Waals surface area contributed by atoms with Crippen LogP contribution in [0.2, 0.25) is 0 Å². The number of piperidine rings is 1. The topological polar surface area (TPSA) is 20.3 Å². The minimum Gasteiger partial charge on any atom is -0.339 e. The Kier molecular flexibility index (Phi) is 4.40. The Bertz CT molecular complexity index is 543. The predicted molar refractivity (Wildman–Crippen MR) is 76.0 cm³/mol. The Morgan fingerprint density at radius 3 is 2.48 bits per heavy atom. The SMILES string of the molecule is C=Cc1c(C)cccc1C(=O)N1CCC(C(F)(F)F)CC1. The van der Waals surface area contributed by atoms with E-state index in [0.29, 0.717) is 5.56 Å². The summed E-state index contributed by atoms with van der Waals surface area (Å²) < 4.78 is 37.9. The number of carbonyl (C=O) groups is 1. The lowest BCUT2D eigenvalue weighted by Crippen LogP contribution is -2.42. The summed E-state index contributed by atoms with van der Waals surface area (Å²) in [6.07, 6.45) is -2.59. The van der Waals surface area contributed by atoms with Gasteiger partial charge in [-0.2, -0.15) is 13.2 Å². The molecule has 0 N–H and O–H groups in total. The van der Waals surface area contributed by atoms with Crippen LogP contribution in [0.3, 0.4) is 0 Å². The quantitative estimate of drug-likeness (QED) is 0.806. The number of aryl methyl sites for hydroxylation is 1. The Hall–Kier alpha value is -1.78. The molecule has 0 spiro atoms. The molecule has 2 rings (SSSR count). The van der Waals surface area contributed by atoms with Gasteiger partial charge in [0.2, 0.25) is 0 Å². The van der Waals surface area contributed by atoms with Crippen molar-refractivity contribution in [2.45, 2.75) is 25.9 Å². The highest BCUT2D eigenvalue weighted by atomic mass is 19.4. The van der Waals surface area contributed by atoms with Crippen molar-refractivity contribution in [1.29, 1.82) is 0 Å². The molecular formula is C16H18F3NO. The van der Waals surface area contributed by atoms with Crippen molar-refractivity contribution < 1.29 is 18.0 Å². The van der Waals surface area contributed by atoms with E-state index in [4.69, 9.17) is 0 Å². The molecule has 1 aliphatic heterocycles. The standard InChI is InChI=1S/C16H18F3NO/c1-3-13-11(2)5-4-6-14(13)15(21)20-9-7-12(8-10-20)16(17,18)19/h3-6,12H,1,7-10H2,2H3. The van der Waals surface area contributed by atoms with Crippen LogP contribution >= 0.6 is 0 Å². The van der Waals surface area contributed by atoms with Crippen LogP contribution in [0.15, 0.2) is 24.8 Å². The molecule has 0 radical (unpaired) electrons. The number of carbonyl (C=O) groups excluding carboxylic acids is 1. The zero-order chi connectivity index (χ0) is 15.6. The smallest absolute Gasteiger partial charge is 0.339 e. The minimum absolute atomic E-state index is 0.0233. The summed E-state index contributed by atoms with van der Waals surface area (Å²) in [5.74, 6) is -1.51. The fraction of sp³-hybridized carbons (Fsp3) is 0.438. The molecule has 1 saturated heterocycles. The van der Waals surface area contributed by atoms with E-state index in [0.717, 1.165) is 11.1 Å². The third-order valence-corrected chi connectivity index (χ3v) is 4.00. The normalized spacial score (nSPS) is 16.9. The van der Waals surface area contributed by atoms with E-state index in [9.17, 15) is 18.0 Å². The monoisotopic (exact) mass is 297 g/mol. The summed E-state index contributed by atoms with van der Waals surface area (Å²) in [5, 5.41) is 0. The van der Waals surface area contributed by atoms with E-state index >= 15 is 0 Å². The van der Waals surface area contributed by atoms with Gasteiger partial charge in [0.25, 0.3) is 5.91 Å². The van der Waals surface area contributed by atoms with E-state index in [2.05, 4.69) is 6.58 Å². The largest absolute Gasteiger partial charge is 0.391 e. The summed E-state index contributed by atoms with van der Waals surface area (Å²) in [6.45, 7) is 5.88. The summed E-state index contributed by atoms with van der Waals surface area (Å²) >= 11 is 0. The van der Waals surface area contributed by atoms with E-state index in [1.54, 1.807) is 18.2 Å². The van der Waals surface area contributed by atoms with Gasteiger partial charge in [-0.15, -0.1) is 0 Å². The van der Waals surface area contributed by atoms with Crippen molar-refractivity contribution in [3.8, 4) is 0 Å². The van der Waals surface area contributed by atoms with Crippen LogP contribution in [0, 0.1) is 12.8 Å². The Labute approximate surface area is 122 Å². The third-order valence-electron chi connectivity index (χ3n) is 4.00. The number of nitrogens with zero attached hydrogens (tertiary/aromatic N) is 1. The lowest BCUT2D eigenvalue weighted by Gasteiger charge is -2.33. The van der Waals surface area contributed by atoms with Gasteiger partial charge in [-0.3, -0.25) is 4.79 Å². The van der Waals surface area contributed by atoms with E-state index in [1.165, 1.54) is 4.90 Å². The van der Waals surface area contributed by atoms with Crippen molar-refractivity contribution in [3.63, 3.8) is 0 Å². The molecular weight excluding hydrogens is 279 g/mol. The first-order valence-corrected chi connectivity index (χ1v) is 6.92. The Morgan fingerprint density at radius 2 is 1.95 bits per heavy atom. The third kappa shape index (κ3) is 3.28. The average molecular weight is 297 g/mol. The molecule has 1 amide bonds. The van der Waals surface area contributed by atoms with E-state index in [1.807, 2.05) is 13.0 Å². The summed E-state index contributed by atoms with van der Waals surface area (Å²) in [5.41, 5.74) is 2.19. The van der Waals surface area contributed by atoms with Crippen molar-refractivity contribution in [1.82, 2.24) is 4.90 Å².